The summed E-state index contributed by atoms with van der Waals surface area (Å²) in [6.07, 6.45) is 0.445. The zero-order valence-corrected chi connectivity index (χ0v) is 15.5. The van der Waals surface area contributed by atoms with Crippen LogP contribution >= 0.6 is 0 Å². The summed E-state index contributed by atoms with van der Waals surface area (Å²) in [6, 6.07) is 15.6. The second-order valence-electron chi connectivity index (χ2n) is 6.43. The van der Waals surface area contributed by atoms with Gasteiger partial charge in [-0.1, -0.05) is 30.3 Å². The van der Waals surface area contributed by atoms with Gasteiger partial charge in [-0.05, 0) is 34.7 Å². The molecule has 1 saturated heterocycles. The van der Waals surface area contributed by atoms with Crippen LogP contribution in [0.25, 0.3) is 5.69 Å². The van der Waals surface area contributed by atoms with E-state index in [1.807, 2.05) is 18.2 Å². The van der Waals surface area contributed by atoms with Gasteiger partial charge in [-0.3, -0.25) is 4.79 Å². The maximum Gasteiger partial charge on any atom is 0.339 e. The Bertz CT molecular complexity index is 954. The number of ether oxygens (including phenoxy) is 2. The van der Waals surface area contributed by atoms with Gasteiger partial charge in [0.1, 0.15) is 6.33 Å². The number of rotatable bonds is 5. The number of morpholine rings is 1. The first-order chi connectivity index (χ1) is 14.2. The van der Waals surface area contributed by atoms with Crippen molar-refractivity contribution < 1.29 is 19.1 Å². The number of hydrogen-bond donors (Lipinski definition) is 0. The van der Waals surface area contributed by atoms with E-state index in [2.05, 4.69) is 15.5 Å². The second-order valence-corrected chi connectivity index (χ2v) is 6.43. The maximum atomic E-state index is 13.0. The van der Waals surface area contributed by atoms with Crippen molar-refractivity contribution in [1.29, 1.82) is 0 Å². The van der Waals surface area contributed by atoms with Crippen LogP contribution in [-0.2, 0) is 14.3 Å². The third-order valence-electron chi connectivity index (χ3n) is 4.59. The Kier molecular flexibility index (Phi) is 5.57. The van der Waals surface area contributed by atoms with Crippen molar-refractivity contribution in [2.45, 2.75) is 6.10 Å². The Morgan fingerprint density at radius 2 is 1.72 bits per heavy atom. The number of aromatic nitrogens is 4. The molecule has 0 spiro atoms. The zero-order valence-electron chi connectivity index (χ0n) is 15.5. The third kappa shape index (κ3) is 4.30. The van der Waals surface area contributed by atoms with Crippen molar-refractivity contribution in [1.82, 2.24) is 25.1 Å². The van der Waals surface area contributed by atoms with E-state index in [4.69, 9.17) is 9.47 Å². The van der Waals surface area contributed by atoms with Crippen molar-refractivity contribution >= 4 is 11.9 Å². The second kappa shape index (κ2) is 8.61. The van der Waals surface area contributed by atoms with E-state index < -0.39 is 12.1 Å². The van der Waals surface area contributed by atoms with E-state index in [9.17, 15) is 9.59 Å². The fraction of sp³-hybridized carbons (Fsp3) is 0.250. The molecule has 3 aromatic rings. The first kappa shape index (κ1) is 18.8. The first-order valence-corrected chi connectivity index (χ1v) is 9.18. The van der Waals surface area contributed by atoms with Crippen LogP contribution in [-0.4, -0.2) is 63.3 Å². The molecule has 0 radical (unpaired) electrons. The van der Waals surface area contributed by atoms with Gasteiger partial charge in [-0.15, -0.1) is 5.10 Å². The van der Waals surface area contributed by atoms with Gasteiger partial charge >= 0.3 is 5.97 Å². The minimum atomic E-state index is -1.01. The summed E-state index contributed by atoms with van der Waals surface area (Å²) in [6.45, 7) is 1.89. The molecule has 2 heterocycles. The van der Waals surface area contributed by atoms with Crippen molar-refractivity contribution in [2.24, 2.45) is 0 Å². The molecule has 1 aliphatic heterocycles. The molecule has 4 rings (SSSR count). The summed E-state index contributed by atoms with van der Waals surface area (Å²) in [7, 11) is 0. The standard InChI is InChI=1S/C20H19N5O4/c26-19(24-10-12-28-13-11-24)18(15-4-2-1-3-5-15)29-20(27)16-6-8-17(9-7-16)25-14-21-22-23-25/h1-9,14,18H,10-13H2/t18-/m0/s1. The highest BCUT2D eigenvalue weighted by Crippen LogP contribution is 2.23. The number of nitrogens with zero attached hydrogens (tertiary/aromatic N) is 5. The van der Waals surface area contributed by atoms with Crippen LogP contribution in [0.15, 0.2) is 60.9 Å². The van der Waals surface area contributed by atoms with Gasteiger partial charge in [0.05, 0.1) is 24.5 Å². The van der Waals surface area contributed by atoms with E-state index in [1.165, 1.54) is 11.0 Å². The molecule has 0 aliphatic carbocycles. The lowest BCUT2D eigenvalue weighted by atomic mass is 10.1. The number of benzene rings is 2. The maximum absolute atomic E-state index is 13.0. The molecule has 1 aromatic heterocycles. The fourth-order valence-corrected chi connectivity index (χ4v) is 3.04. The molecule has 0 unspecified atom stereocenters. The highest BCUT2D eigenvalue weighted by Gasteiger charge is 2.30. The number of carbonyl (C=O) groups excluding carboxylic acids is 2. The van der Waals surface area contributed by atoms with E-state index in [-0.39, 0.29) is 5.91 Å². The smallest absolute Gasteiger partial charge is 0.339 e. The zero-order chi connectivity index (χ0) is 20.1. The normalized spacial score (nSPS) is 15.0. The predicted molar refractivity (Wildman–Crippen MR) is 101 cm³/mol. The van der Waals surface area contributed by atoms with E-state index in [0.717, 1.165) is 0 Å². The van der Waals surface area contributed by atoms with Crippen LogP contribution in [0, 0.1) is 0 Å². The minimum Gasteiger partial charge on any atom is -0.444 e. The highest BCUT2D eigenvalue weighted by molar-refractivity contribution is 5.93. The molecule has 29 heavy (non-hydrogen) atoms. The molecule has 148 valence electrons. The van der Waals surface area contributed by atoms with Crippen LogP contribution < -0.4 is 0 Å². The van der Waals surface area contributed by atoms with Gasteiger partial charge < -0.3 is 14.4 Å². The van der Waals surface area contributed by atoms with Gasteiger partial charge in [0, 0.05) is 18.7 Å². The van der Waals surface area contributed by atoms with Crippen LogP contribution in [0.3, 0.4) is 0 Å². The van der Waals surface area contributed by atoms with Crippen molar-refractivity contribution in [2.75, 3.05) is 26.3 Å². The minimum absolute atomic E-state index is 0.252. The van der Waals surface area contributed by atoms with E-state index >= 15 is 0 Å². The molecule has 1 amide bonds. The molecule has 1 atom stereocenters. The summed E-state index contributed by atoms with van der Waals surface area (Å²) < 4.78 is 12.4. The van der Waals surface area contributed by atoms with Crippen LogP contribution in [0.2, 0.25) is 0 Å². The lowest BCUT2D eigenvalue weighted by molar-refractivity contribution is -0.145. The highest BCUT2D eigenvalue weighted by atomic mass is 16.5. The van der Waals surface area contributed by atoms with Crippen LogP contribution in [0.5, 0.6) is 0 Å². The molecular weight excluding hydrogens is 374 g/mol. The van der Waals surface area contributed by atoms with Gasteiger partial charge in [-0.2, -0.15) is 0 Å². The largest absolute Gasteiger partial charge is 0.444 e. The van der Waals surface area contributed by atoms with Crippen LogP contribution in [0.4, 0.5) is 0 Å². The Morgan fingerprint density at radius 3 is 2.38 bits per heavy atom. The summed E-state index contributed by atoms with van der Waals surface area (Å²) >= 11 is 0. The summed E-state index contributed by atoms with van der Waals surface area (Å²) in [5.74, 6) is -0.832. The topological polar surface area (TPSA) is 99.4 Å². The van der Waals surface area contributed by atoms with Crippen molar-refractivity contribution in [3.63, 3.8) is 0 Å². The quantitative estimate of drug-likeness (QED) is 0.605. The number of tetrazole rings is 1. The third-order valence-corrected chi connectivity index (χ3v) is 4.59. The van der Waals surface area contributed by atoms with E-state index in [0.29, 0.717) is 43.1 Å². The summed E-state index contributed by atoms with van der Waals surface area (Å²) in [5, 5.41) is 11.0. The van der Waals surface area contributed by atoms with Crippen LogP contribution in [0.1, 0.15) is 22.0 Å². The monoisotopic (exact) mass is 393 g/mol. The fourth-order valence-electron chi connectivity index (χ4n) is 3.04. The van der Waals surface area contributed by atoms with Crippen molar-refractivity contribution in [3.8, 4) is 5.69 Å². The Labute approximate surface area is 166 Å². The average molecular weight is 393 g/mol. The molecule has 2 aromatic carbocycles. The lowest BCUT2D eigenvalue weighted by Gasteiger charge is -2.30. The molecule has 0 saturated carbocycles. The van der Waals surface area contributed by atoms with E-state index in [1.54, 1.807) is 41.3 Å². The Balaban J connectivity index is 1.53. The average Bonchev–Trinajstić information content (AvgIpc) is 3.33. The first-order valence-electron chi connectivity index (χ1n) is 9.18. The molecule has 0 bridgehead atoms. The Hall–Kier alpha value is -3.59. The Morgan fingerprint density at radius 1 is 1.00 bits per heavy atom. The molecular formula is C20H19N5O4. The molecule has 1 aliphatic rings. The SMILES string of the molecule is O=C(O[C@H](C(=O)N1CCOCC1)c1ccccc1)c1ccc(-n2cnnn2)cc1. The molecule has 9 heteroatoms. The summed E-state index contributed by atoms with van der Waals surface area (Å²) in [5.41, 5.74) is 1.66. The summed E-state index contributed by atoms with van der Waals surface area (Å²) in [4.78, 5) is 27.5. The lowest BCUT2D eigenvalue weighted by Crippen LogP contribution is -2.44. The van der Waals surface area contributed by atoms with Gasteiger partial charge in [0.2, 0.25) is 6.10 Å². The number of hydrogen-bond acceptors (Lipinski definition) is 7. The predicted octanol–water partition coefficient (Wildman–Crippen LogP) is 1.42. The number of amides is 1. The molecule has 1 fully saturated rings. The molecule has 0 N–H and O–H groups in total. The number of carbonyl (C=O) groups is 2. The van der Waals surface area contributed by atoms with Crippen molar-refractivity contribution in [3.05, 3.63) is 72.1 Å². The number of esters is 1. The van der Waals surface area contributed by atoms with Gasteiger partial charge in [0.25, 0.3) is 5.91 Å². The van der Waals surface area contributed by atoms with Gasteiger partial charge in [-0.25, -0.2) is 9.48 Å². The molecule has 9 nitrogen and oxygen atoms in total. The van der Waals surface area contributed by atoms with Gasteiger partial charge in [0.15, 0.2) is 0 Å².